The fraction of sp³-hybridized carbons (Fsp3) is 0.200. The van der Waals surface area contributed by atoms with Gasteiger partial charge in [0.2, 0.25) is 0 Å². The second-order valence-electron chi connectivity index (χ2n) is 4.25. The van der Waals surface area contributed by atoms with Gasteiger partial charge in [-0.25, -0.2) is 0 Å². The van der Waals surface area contributed by atoms with Crippen LogP contribution < -0.4 is 4.74 Å². The predicted octanol–water partition coefficient (Wildman–Crippen LogP) is 5.64. The highest BCUT2D eigenvalue weighted by molar-refractivity contribution is 6.35. The number of halogens is 3. The molecule has 0 radical (unpaired) electrons. The third-order valence-electron chi connectivity index (χ3n) is 2.98. The van der Waals surface area contributed by atoms with E-state index >= 15 is 0 Å². The second kappa shape index (κ2) is 6.04. The van der Waals surface area contributed by atoms with Crippen LogP contribution in [0.1, 0.15) is 22.1 Å². The molecule has 0 aliphatic rings. The molecule has 19 heavy (non-hydrogen) atoms. The molecular weight excluding hydrogens is 303 g/mol. The Balaban J connectivity index is 2.43. The van der Waals surface area contributed by atoms with Gasteiger partial charge in [-0.1, -0.05) is 29.3 Å². The highest BCUT2D eigenvalue weighted by atomic mass is 35.5. The first-order chi connectivity index (χ1) is 9.02. The fourth-order valence-corrected chi connectivity index (χ4v) is 2.82. The van der Waals surface area contributed by atoms with Crippen LogP contribution >= 0.6 is 34.8 Å². The van der Waals surface area contributed by atoms with Crippen LogP contribution in [-0.2, 0) is 0 Å². The van der Waals surface area contributed by atoms with Crippen molar-refractivity contribution in [3.05, 3.63) is 63.1 Å². The summed E-state index contributed by atoms with van der Waals surface area (Å²) >= 11 is 18.7. The zero-order valence-electron chi connectivity index (χ0n) is 10.6. The minimum Gasteiger partial charge on any atom is -0.497 e. The summed E-state index contributed by atoms with van der Waals surface area (Å²) in [7, 11) is 1.64. The molecule has 2 aromatic carbocycles. The van der Waals surface area contributed by atoms with E-state index in [-0.39, 0.29) is 5.38 Å². The zero-order chi connectivity index (χ0) is 14.0. The number of alkyl halides is 1. The Morgan fingerprint density at radius 3 is 2.37 bits per heavy atom. The highest BCUT2D eigenvalue weighted by Crippen LogP contribution is 2.37. The molecule has 2 aromatic rings. The Hall–Kier alpha value is -0.890. The van der Waals surface area contributed by atoms with Gasteiger partial charge in [-0.2, -0.15) is 0 Å². The predicted molar refractivity (Wildman–Crippen MR) is 81.9 cm³/mol. The normalized spacial score (nSPS) is 12.3. The Morgan fingerprint density at radius 2 is 1.74 bits per heavy atom. The topological polar surface area (TPSA) is 9.23 Å². The summed E-state index contributed by atoms with van der Waals surface area (Å²) < 4.78 is 5.19. The van der Waals surface area contributed by atoms with Gasteiger partial charge in [-0.15, -0.1) is 11.6 Å². The number of hydrogen-bond donors (Lipinski definition) is 0. The van der Waals surface area contributed by atoms with Gasteiger partial charge in [0.1, 0.15) is 5.75 Å². The third kappa shape index (κ3) is 3.17. The van der Waals surface area contributed by atoms with E-state index in [0.717, 1.165) is 22.4 Å². The standard InChI is InChI=1S/C15H13Cl3O/c1-9-7-11(19-2)4-5-12(9)15(18)13-8-10(16)3-6-14(13)17/h3-8,15H,1-2H3. The number of methoxy groups -OCH3 is 1. The first kappa shape index (κ1) is 14.5. The van der Waals surface area contributed by atoms with Gasteiger partial charge >= 0.3 is 0 Å². The van der Waals surface area contributed by atoms with Crippen LogP contribution in [0, 0.1) is 6.92 Å². The molecule has 1 atom stereocenters. The van der Waals surface area contributed by atoms with Crippen LogP contribution in [-0.4, -0.2) is 7.11 Å². The summed E-state index contributed by atoms with van der Waals surface area (Å²) in [6.45, 7) is 1.99. The van der Waals surface area contributed by atoms with Gasteiger partial charge in [-0.05, 0) is 53.9 Å². The van der Waals surface area contributed by atoms with E-state index in [1.165, 1.54) is 0 Å². The molecule has 0 N–H and O–H groups in total. The van der Waals surface area contributed by atoms with Crippen molar-refractivity contribution in [2.45, 2.75) is 12.3 Å². The van der Waals surface area contributed by atoms with Crippen LogP contribution in [0.5, 0.6) is 5.75 Å². The second-order valence-corrected chi connectivity index (χ2v) is 5.53. The van der Waals surface area contributed by atoms with Crippen molar-refractivity contribution >= 4 is 34.8 Å². The van der Waals surface area contributed by atoms with E-state index in [9.17, 15) is 0 Å². The number of ether oxygens (including phenoxy) is 1. The average Bonchev–Trinajstić information content (AvgIpc) is 2.40. The van der Waals surface area contributed by atoms with Gasteiger partial charge in [0, 0.05) is 10.0 Å². The lowest BCUT2D eigenvalue weighted by Gasteiger charge is -2.16. The van der Waals surface area contributed by atoms with Crippen LogP contribution in [0.4, 0.5) is 0 Å². The van der Waals surface area contributed by atoms with Gasteiger partial charge in [0.15, 0.2) is 0 Å². The van der Waals surface area contributed by atoms with E-state index in [4.69, 9.17) is 39.5 Å². The van der Waals surface area contributed by atoms with Crippen molar-refractivity contribution in [3.63, 3.8) is 0 Å². The average molecular weight is 316 g/mol. The number of benzene rings is 2. The molecule has 100 valence electrons. The number of aryl methyl sites for hydroxylation is 1. The number of rotatable bonds is 3. The maximum Gasteiger partial charge on any atom is 0.119 e. The smallest absolute Gasteiger partial charge is 0.119 e. The van der Waals surface area contributed by atoms with Crippen molar-refractivity contribution in [2.75, 3.05) is 7.11 Å². The maximum absolute atomic E-state index is 6.53. The van der Waals surface area contributed by atoms with Crippen LogP contribution in [0.2, 0.25) is 10.0 Å². The van der Waals surface area contributed by atoms with Crippen molar-refractivity contribution in [2.24, 2.45) is 0 Å². The molecule has 2 rings (SSSR count). The molecule has 1 unspecified atom stereocenters. The Kier molecular flexibility index (Phi) is 4.62. The summed E-state index contributed by atoms with van der Waals surface area (Å²) in [4.78, 5) is 0. The molecule has 0 aliphatic carbocycles. The monoisotopic (exact) mass is 314 g/mol. The van der Waals surface area contributed by atoms with E-state index < -0.39 is 0 Å². The number of hydrogen-bond acceptors (Lipinski definition) is 1. The van der Waals surface area contributed by atoms with E-state index in [2.05, 4.69) is 0 Å². The van der Waals surface area contributed by atoms with Crippen molar-refractivity contribution in [1.29, 1.82) is 0 Å². The molecular formula is C15H13Cl3O. The zero-order valence-corrected chi connectivity index (χ0v) is 12.9. The highest BCUT2D eigenvalue weighted by Gasteiger charge is 2.17. The first-order valence-electron chi connectivity index (χ1n) is 5.76. The summed E-state index contributed by atoms with van der Waals surface area (Å²) in [5.74, 6) is 0.808. The molecule has 0 aromatic heterocycles. The van der Waals surface area contributed by atoms with Crippen molar-refractivity contribution < 1.29 is 4.74 Å². The molecule has 1 nitrogen and oxygen atoms in total. The van der Waals surface area contributed by atoms with Gasteiger partial charge in [0.05, 0.1) is 12.5 Å². The van der Waals surface area contributed by atoms with Crippen molar-refractivity contribution in [3.8, 4) is 5.75 Å². The molecule has 0 heterocycles. The summed E-state index contributed by atoms with van der Waals surface area (Å²) in [5.41, 5.74) is 2.85. The molecule has 0 amide bonds. The molecule has 0 fully saturated rings. The quantitative estimate of drug-likeness (QED) is 0.666. The van der Waals surface area contributed by atoms with Gasteiger partial charge in [0.25, 0.3) is 0 Å². The SMILES string of the molecule is COc1ccc(C(Cl)c2cc(Cl)ccc2Cl)c(C)c1. The molecule has 0 saturated carbocycles. The lowest BCUT2D eigenvalue weighted by atomic mass is 9.99. The maximum atomic E-state index is 6.53. The van der Waals surface area contributed by atoms with Crippen LogP contribution in [0.15, 0.2) is 36.4 Å². The summed E-state index contributed by atoms with van der Waals surface area (Å²) in [6, 6.07) is 11.1. The van der Waals surface area contributed by atoms with Gasteiger partial charge in [-0.3, -0.25) is 0 Å². The van der Waals surface area contributed by atoms with Gasteiger partial charge < -0.3 is 4.74 Å². The minimum absolute atomic E-state index is 0.336. The Morgan fingerprint density at radius 1 is 1.00 bits per heavy atom. The molecule has 0 bridgehead atoms. The largest absolute Gasteiger partial charge is 0.497 e. The van der Waals surface area contributed by atoms with E-state index in [1.54, 1.807) is 25.3 Å². The van der Waals surface area contributed by atoms with Crippen LogP contribution in [0.3, 0.4) is 0 Å². The Bertz CT molecular complexity index is 596. The summed E-state index contributed by atoms with van der Waals surface area (Å²) in [5, 5.41) is 0.896. The lowest BCUT2D eigenvalue weighted by Crippen LogP contribution is -1.98. The minimum atomic E-state index is -0.336. The molecule has 4 heteroatoms. The van der Waals surface area contributed by atoms with E-state index in [0.29, 0.717) is 10.0 Å². The van der Waals surface area contributed by atoms with E-state index in [1.807, 2.05) is 25.1 Å². The Labute approximate surface area is 128 Å². The summed E-state index contributed by atoms with van der Waals surface area (Å²) in [6.07, 6.45) is 0. The first-order valence-corrected chi connectivity index (χ1v) is 6.95. The third-order valence-corrected chi connectivity index (χ3v) is 4.03. The van der Waals surface area contributed by atoms with Crippen LogP contribution in [0.25, 0.3) is 0 Å². The molecule has 0 spiro atoms. The lowest BCUT2D eigenvalue weighted by molar-refractivity contribution is 0.414. The molecule has 0 saturated heterocycles. The fourth-order valence-electron chi connectivity index (χ4n) is 1.94. The molecule has 0 aliphatic heterocycles. The van der Waals surface area contributed by atoms with Crippen molar-refractivity contribution in [1.82, 2.24) is 0 Å².